The first-order valence-corrected chi connectivity index (χ1v) is 8.28. The van der Waals surface area contributed by atoms with Crippen molar-refractivity contribution in [1.29, 1.82) is 0 Å². The summed E-state index contributed by atoms with van der Waals surface area (Å²) in [6.07, 6.45) is 0. The molecule has 2 N–H and O–H groups in total. The summed E-state index contributed by atoms with van der Waals surface area (Å²) in [6, 6.07) is 15.4. The number of benzene rings is 2. The molecule has 2 rings (SSSR count). The lowest BCUT2D eigenvalue weighted by Gasteiger charge is -2.20. The number of anilines is 2. The molecule has 6 heteroatoms. The maximum absolute atomic E-state index is 12.1. The van der Waals surface area contributed by atoms with Gasteiger partial charge in [0.15, 0.2) is 5.11 Å². The highest BCUT2D eigenvalue weighted by Crippen LogP contribution is 2.16. The zero-order valence-electron chi connectivity index (χ0n) is 13.0. The predicted octanol–water partition coefficient (Wildman–Crippen LogP) is 4.02. The summed E-state index contributed by atoms with van der Waals surface area (Å²) in [5.41, 5.74) is 2.80. The molecule has 0 saturated carbocycles. The van der Waals surface area contributed by atoms with E-state index in [-0.39, 0.29) is 12.5 Å². The fourth-order valence-corrected chi connectivity index (χ4v) is 2.49. The lowest BCUT2D eigenvalue weighted by molar-refractivity contribution is -0.116. The maximum atomic E-state index is 12.1. The quantitative estimate of drug-likeness (QED) is 0.772. The number of likely N-dealkylation sites (N-methyl/N-ethyl adjacent to an activating group) is 1. The number of carbonyl (C=O) groups excluding carboxylic acids is 1. The molecule has 1 amide bonds. The molecule has 0 radical (unpaired) electrons. The number of nitrogens with one attached hydrogen (secondary N) is 2. The first kappa shape index (κ1) is 17.4. The summed E-state index contributed by atoms with van der Waals surface area (Å²) in [4.78, 5) is 13.8. The Kier molecular flexibility index (Phi) is 6.12. The van der Waals surface area contributed by atoms with Crippen LogP contribution in [0.25, 0.3) is 0 Å². The minimum absolute atomic E-state index is 0.116. The Morgan fingerprint density at radius 1 is 1.13 bits per heavy atom. The summed E-state index contributed by atoms with van der Waals surface area (Å²) < 4.78 is 0.963. The van der Waals surface area contributed by atoms with E-state index < -0.39 is 0 Å². The second kappa shape index (κ2) is 8.08. The van der Waals surface area contributed by atoms with E-state index in [4.69, 9.17) is 12.2 Å². The first-order valence-electron chi connectivity index (χ1n) is 7.08. The highest BCUT2D eigenvalue weighted by molar-refractivity contribution is 9.10. The van der Waals surface area contributed by atoms with Crippen LogP contribution in [0.2, 0.25) is 0 Å². The lowest BCUT2D eigenvalue weighted by Crippen LogP contribution is -2.37. The Hall–Kier alpha value is -1.92. The van der Waals surface area contributed by atoms with Gasteiger partial charge < -0.3 is 15.5 Å². The molecule has 0 unspecified atom stereocenters. The Balaban J connectivity index is 1.87. The van der Waals surface area contributed by atoms with Crippen molar-refractivity contribution < 1.29 is 4.79 Å². The second-order valence-corrected chi connectivity index (χ2v) is 6.51. The third kappa shape index (κ3) is 5.65. The van der Waals surface area contributed by atoms with Crippen LogP contribution in [-0.2, 0) is 4.79 Å². The molecule has 0 aliphatic rings. The highest BCUT2D eigenvalue weighted by Gasteiger charge is 2.10. The number of rotatable bonds is 4. The summed E-state index contributed by atoms with van der Waals surface area (Å²) in [7, 11) is 1.78. The molecule has 0 fully saturated rings. The van der Waals surface area contributed by atoms with Crippen molar-refractivity contribution in [2.75, 3.05) is 24.2 Å². The van der Waals surface area contributed by atoms with Gasteiger partial charge in [-0.05, 0) is 49.5 Å². The van der Waals surface area contributed by atoms with E-state index in [1.807, 2.05) is 55.5 Å². The van der Waals surface area contributed by atoms with Crippen LogP contribution in [0.4, 0.5) is 11.4 Å². The van der Waals surface area contributed by atoms with Gasteiger partial charge in [0.05, 0.1) is 6.54 Å². The van der Waals surface area contributed by atoms with E-state index in [9.17, 15) is 4.79 Å². The second-order valence-electron chi connectivity index (χ2n) is 5.21. The molecule has 0 saturated heterocycles. The zero-order chi connectivity index (χ0) is 16.8. The van der Waals surface area contributed by atoms with Crippen molar-refractivity contribution >= 4 is 50.5 Å². The minimum atomic E-state index is -0.116. The Morgan fingerprint density at radius 3 is 2.48 bits per heavy atom. The van der Waals surface area contributed by atoms with Gasteiger partial charge in [-0.15, -0.1) is 0 Å². The summed E-state index contributed by atoms with van der Waals surface area (Å²) >= 11 is 8.73. The van der Waals surface area contributed by atoms with Gasteiger partial charge in [-0.25, -0.2) is 0 Å². The number of nitrogens with zero attached hydrogens (tertiary/aromatic N) is 1. The monoisotopic (exact) mass is 391 g/mol. The van der Waals surface area contributed by atoms with E-state index in [2.05, 4.69) is 26.6 Å². The number of hydrogen-bond donors (Lipinski definition) is 2. The van der Waals surface area contributed by atoms with Crippen LogP contribution in [0.5, 0.6) is 0 Å². The topological polar surface area (TPSA) is 44.4 Å². The summed E-state index contributed by atoms with van der Waals surface area (Å²) in [6.45, 7) is 2.18. The molecule has 23 heavy (non-hydrogen) atoms. The average molecular weight is 392 g/mol. The van der Waals surface area contributed by atoms with Crippen molar-refractivity contribution in [1.82, 2.24) is 4.90 Å². The molecule has 0 aliphatic heterocycles. The number of thiocarbonyl (C=S) groups is 1. The number of amides is 1. The first-order chi connectivity index (χ1) is 10.9. The van der Waals surface area contributed by atoms with E-state index in [1.54, 1.807) is 11.9 Å². The van der Waals surface area contributed by atoms with Gasteiger partial charge in [-0.2, -0.15) is 0 Å². The fourth-order valence-electron chi connectivity index (χ4n) is 1.91. The van der Waals surface area contributed by atoms with Gasteiger partial charge in [0.25, 0.3) is 0 Å². The molecule has 0 atom stereocenters. The van der Waals surface area contributed by atoms with Gasteiger partial charge in [0.2, 0.25) is 5.91 Å². The zero-order valence-corrected chi connectivity index (χ0v) is 15.4. The van der Waals surface area contributed by atoms with Crippen LogP contribution in [0.1, 0.15) is 5.56 Å². The third-order valence-corrected chi connectivity index (χ3v) is 4.05. The number of hydrogen-bond acceptors (Lipinski definition) is 2. The molecule has 0 aliphatic carbocycles. The lowest BCUT2D eigenvalue weighted by atomic mass is 10.2. The van der Waals surface area contributed by atoms with E-state index >= 15 is 0 Å². The molecule has 2 aromatic rings. The fraction of sp³-hybridized carbons (Fsp3) is 0.176. The molecule has 0 aromatic heterocycles. The molecule has 2 aromatic carbocycles. The normalized spacial score (nSPS) is 10.0. The molecule has 0 spiro atoms. The molecule has 0 bridgehead atoms. The van der Waals surface area contributed by atoms with Crippen LogP contribution in [0, 0.1) is 6.92 Å². The van der Waals surface area contributed by atoms with Gasteiger partial charge in [0.1, 0.15) is 0 Å². The van der Waals surface area contributed by atoms with E-state index in [0.717, 1.165) is 21.4 Å². The Morgan fingerprint density at radius 2 is 1.83 bits per heavy atom. The van der Waals surface area contributed by atoms with Crippen molar-refractivity contribution in [2.45, 2.75) is 6.92 Å². The van der Waals surface area contributed by atoms with Crippen LogP contribution in [0.15, 0.2) is 53.0 Å². The number of carbonyl (C=O) groups is 1. The van der Waals surface area contributed by atoms with Crippen molar-refractivity contribution in [3.05, 3.63) is 58.6 Å². The standard InChI is InChI=1S/C17H18BrN3OS/c1-12-6-8-14(9-7-12)19-16(22)11-21(2)17(23)20-15-5-3-4-13(18)10-15/h3-10H,11H2,1-2H3,(H,19,22)(H,20,23). The SMILES string of the molecule is Cc1ccc(NC(=O)CN(C)C(=S)Nc2cccc(Br)c2)cc1. The molecular weight excluding hydrogens is 374 g/mol. The highest BCUT2D eigenvalue weighted by atomic mass is 79.9. The number of aryl methyl sites for hydroxylation is 1. The van der Waals surface area contributed by atoms with Crippen LogP contribution >= 0.6 is 28.1 Å². The Bertz CT molecular complexity index is 703. The van der Waals surface area contributed by atoms with E-state index in [0.29, 0.717) is 5.11 Å². The van der Waals surface area contributed by atoms with Crippen LogP contribution in [0.3, 0.4) is 0 Å². The van der Waals surface area contributed by atoms with Crippen molar-refractivity contribution in [3.63, 3.8) is 0 Å². The summed E-state index contributed by atoms with van der Waals surface area (Å²) in [5.74, 6) is -0.116. The molecule has 0 heterocycles. The van der Waals surface area contributed by atoms with Gasteiger partial charge in [-0.1, -0.05) is 39.7 Å². The molecular formula is C17H18BrN3OS. The van der Waals surface area contributed by atoms with Crippen molar-refractivity contribution in [2.24, 2.45) is 0 Å². The average Bonchev–Trinajstić information content (AvgIpc) is 2.49. The number of halogens is 1. The predicted molar refractivity (Wildman–Crippen MR) is 103 cm³/mol. The van der Waals surface area contributed by atoms with Gasteiger partial charge in [-0.3, -0.25) is 4.79 Å². The largest absolute Gasteiger partial charge is 0.343 e. The Labute approximate surface area is 150 Å². The van der Waals surface area contributed by atoms with Gasteiger partial charge >= 0.3 is 0 Å². The van der Waals surface area contributed by atoms with E-state index in [1.165, 1.54) is 0 Å². The smallest absolute Gasteiger partial charge is 0.243 e. The van der Waals surface area contributed by atoms with Crippen molar-refractivity contribution in [3.8, 4) is 0 Å². The summed E-state index contributed by atoms with van der Waals surface area (Å²) in [5, 5.41) is 6.45. The molecule has 4 nitrogen and oxygen atoms in total. The van der Waals surface area contributed by atoms with Crippen LogP contribution in [-0.4, -0.2) is 29.5 Å². The van der Waals surface area contributed by atoms with Crippen LogP contribution < -0.4 is 10.6 Å². The van der Waals surface area contributed by atoms with Gasteiger partial charge in [0, 0.05) is 22.9 Å². The maximum Gasteiger partial charge on any atom is 0.243 e. The minimum Gasteiger partial charge on any atom is -0.343 e. The third-order valence-electron chi connectivity index (χ3n) is 3.14. The molecule has 120 valence electrons.